The number of halogens is 1. The van der Waals surface area contributed by atoms with Crippen molar-refractivity contribution in [3.05, 3.63) is 35.6 Å². The molecule has 0 spiro atoms. The summed E-state index contributed by atoms with van der Waals surface area (Å²) in [5.41, 5.74) is 0.889. The second kappa shape index (κ2) is 6.02. The highest BCUT2D eigenvalue weighted by Crippen LogP contribution is 2.24. The van der Waals surface area contributed by atoms with E-state index in [0.717, 1.165) is 5.56 Å². The van der Waals surface area contributed by atoms with Crippen LogP contribution in [0.25, 0.3) is 0 Å². The van der Waals surface area contributed by atoms with E-state index in [9.17, 15) is 9.18 Å². The molecule has 1 aliphatic heterocycles. The van der Waals surface area contributed by atoms with Gasteiger partial charge in [0.2, 0.25) is 0 Å². The lowest BCUT2D eigenvalue weighted by Crippen LogP contribution is -2.49. The molecule has 1 heterocycles. The first-order valence-corrected chi connectivity index (χ1v) is 6.48. The number of nitrogens with zero attached hydrogens (tertiary/aromatic N) is 1. The molecule has 0 aliphatic carbocycles. The van der Waals surface area contributed by atoms with E-state index in [1.54, 1.807) is 17.0 Å². The predicted molar refractivity (Wildman–Crippen MR) is 70.3 cm³/mol. The summed E-state index contributed by atoms with van der Waals surface area (Å²) in [6.07, 6.45) is 0. The first kappa shape index (κ1) is 13.8. The molecule has 1 N–H and O–H groups in total. The Bertz CT molecular complexity index is 434. The van der Waals surface area contributed by atoms with Crippen LogP contribution in [0.4, 0.5) is 9.18 Å². The van der Waals surface area contributed by atoms with Gasteiger partial charge in [-0.25, -0.2) is 9.18 Å². The summed E-state index contributed by atoms with van der Waals surface area (Å²) in [5, 5.41) is 2.88. The molecule has 2 amide bonds. The molecular formula is C14H19FN2O2. The third-order valence-corrected chi connectivity index (χ3v) is 3.06. The van der Waals surface area contributed by atoms with E-state index in [1.165, 1.54) is 12.1 Å². The summed E-state index contributed by atoms with van der Waals surface area (Å²) in [7, 11) is 0. The Labute approximate surface area is 112 Å². The van der Waals surface area contributed by atoms with Crippen LogP contribution in [0.3, 0.4) is 0 Å². The second-order valence-electron chi connectivity index (χ2n) is 4.94. The van der Waals surface area contributed by atoms with Gasteiger partial charge in [0.15, 0.2) is 0 Å². The second-order valence-corrected chi connectivity index (χ2v) is 4.94. The maximum Gasteiger partial charge on any atom is 0.318 e. The number of morpholine rings is 1. The van der Waals surface area contributed by atoms with Gasteiger partial charge in [-0.3, -0.25) is 0 Å². The van der Waals surface area contributed by atoms with E-state index in [4.69, 9.17) is 4.74 Å². The van der Waals surface area contributed by atoms with Crippen LogP contribution < -0.4 is 5.32 Å². The Morgan fingerprint density at radius 1 is 1.42 bits per heavy atom. The molecule has 0 radical (unpaired) electrons. The highest BCUT2D eigenvalue weighted by Gasteiger charge is 2.28. The first-order chi connectivity index (χ1) is 9.08. The van der Waals surface area contributed by atoms with Gasteiger partial charge >= 0.3 is 6.03 Å². The third kappa shape index (κ3) is 3.44. The van der Waals surface area contributed by atoms with Crippen molar-refractivity contribution < 1.29 is 13.9 Å². The summed E-state index contributed by atoms with van der Waals surface area (Å²) < 4.78 is 18.4. The number of ether oxygens (including phenoxy) is 1. The zero-order chi connectivity index (χ0) is 13.8. The average molecular weight is 266 g/mol. The molecule has 1 unspecified atom stereocenters. The van der Waals surface area contributed by atoms with E-state index >= 15 is 0 Å². The number of amides is 2. The fraction of sp³-hybridized carbons (Fsp3) is 0.500. The molecule has 104 valence electrons. The summed E-state index contributed by atoms with van der Waals surface area (Å²) in [6, 6.07) is 6.03. The summed E-state index contributed by atoms with van der Waals surface area (Å²) in [6.45, 7) is 5.36. The molecule has 1 fully saturated rings. The van der Waals surface area contributed by atoms with Crippen LogP contribution in [0, 0.1) is 5.82 Å². The number of hydrogen-bond donors (Lipinski definition) is 1. The van der Waals surface area contributed by atoms with E-state index < -0.39 is 0 Å². The first-order valence-electron chi connectivity index (χ1n) is 6.48. The van der Waals surface area contributed by atoms with Crippen LogP contribution in [0.1, 0.15) is 25.5 Å². The van der Waals surface area contributed by atoms with Crippen molar-refractivity contribution in [2.45, 2.75) is 25.9 Å². The number of benzene rings is 1. The molecule has 2 rings (SSSR count). The van der Waals surface area contributed by atoms with Gasteiger partial charge in [0.25, 0.3) is 0 Å². The molecule has 1 aromatic carbocycles. The molecule has 5 heteroatoms. The highest BCUT2D eigenvalue weighted by molar-refractivity contribution is 5.75. The number of hydrogen-bond acceptors (Lipinski definition) is 2. The topological polar surface area (TPSA) is 41.6 Å². The molecule has 0 saturated carbocycles. The highest BCUT2D eigenvalue weighted by atomic mass is 19.1. The fourth-order valence-electron chi connectivity index (χ4n) is 2.14. The maximum absolute atomic E-state index is 13.0. The third-order valence-electron chi connectivity index (χ3n) is 3.06. The Hall–Kier alpha value is -1.62. The van der Waals surface area contributed by atoms with Crippen LogP contribution in [-0.4, -0.2) is 36.7 Å². The Morgan fingerprint density at radius 3 is 2.74 bits per heavy atom. The lowest BCUT2D eigenvalue weighted by molar-refractivity contribution is 0.0112. The molecule has 19 heavy (non-hydrogen) atoms. The minimum Gasteiger partial charge on any atom is -0.377 e. The molecule has 4 nitrogen and oxygen atoms in total. The van der Waals surface area contributed by atoms with Crippen molar-refractivity contribution in [1.82, 2.24) is 10.2 Å². The van der Waals surface area contributed by atoms with E-state index in [-0.39, 0.29) is 23.9 Å². The van der Waals surface area contributed by atoms with E-state index in [1.807, 2.05) is 13.8 Å². The van der Waals surface area contributed by atoms with Crippen molar-refractivity contribution in [2.75, 3.05) is 19.8 Å². The largest absolute Gasteiger partial charge is 0.377 e. The van der Waals surface area contributed by atoms with Gasteiger partial charge in [-0.2, -0.15) is 0 Å². The average Bonchev–Trinajstić information content (AvgIpc) is 2.39. The molecule has 1 atom stereocenters. The standard InChI is InChI=1S/C14H19FN2O2/c1-10(2)16-14(18)17-7-8-19-9-13(17)11-3-5-12(15)6-4-11/h3-6,10,13H,7-9H2,1-2H3,(H,16,18). The van der Waals surface area contributed by atoms with Gasteiger partial charge in [-0.1, -0.05) is 12.1 Å². The lowest BCUT2D eigenvalue weighted by atomic mass is 10.1. The summed E-state index contributed by atoms with van der Waals surface area (Å²) in [4.78, 5) is 13.9. The fourth-order valence-corrected chi connectivity index (χ4v) is 2.14. The molecule has 1 saturated heterocycles. The zero-order valence-corrected chi connectivity index (χ0v) is 11.2. The van der Waals surface area contributed by atoms with Gasteiger partial charge < -0.3 is 15.0 Å². The summed E-state index contributed by atoms with van der Waals surface area (Å²) in [5.74, 6) is -0.279. The van der Waals surface area contributed by atoms with Crippen molar-refractivity contribution in [3.8, 4) is 0 Å². The van der Waals surface area contributed by atoms with Crippen LogP contribution in [0.15, 0.2) is 24.3 Å². The van der Waals surface area contributed by atoms with Crippen LogP contribution >= 0.6 is 0 Å². The van der Waals surface area contributed by atoms with E-state index in [2.05, 4.69) is 5.32 Å². The minimum atomic E-state index is -0.279. The van der Waals surface area contributed by atoms with Gasteiger partial charge in [0.1, 0.15) is 5.82 Å². The van der Waals surface area contributed by atoms with E-state index in [0.29, 0.717) is 19.8 Å². The number of rotatable bonds is 2. The van der Waals surface area contributed by atoms with Gasteiger partial charge in [0.05, 0.1) is 19.3 Å². The van der Waals surface area contributed by atoms with Crippen molar-refractivity contribution >= 4 is 6.03 Å². The quantitative estimate of drug-likeness (QED) is 0.892. The zero-order valence-electron chi connectivity index (χ0n) is 11.2. The lowest BCUT2D eigenvalue weighted by Gasteiger charge is -2.36. The number of nitrogens with one attached hydrogen (secondary N) is 1. The minimum absolute atomic E-state index is 0.0872. The summed E-state index contributed by atoms with van der Waals surface area (Å²) >= 11 is 0. The molecule has 0 aromatic heterocycles. The Balaban J connectivity index is 2.15. The van der Waals surface area contributed by atoms with Crippen molar-refractivity contribution in [3.63, 3.8) is 0 Å². The van der Waals surface area contributed by atoms with Crippen molar-refractivity contribution in [1.29, 1.82) is 0 Å². The Kier molecular flexibility index (Phi) is 4.37. The number of carbonyl (C=O) groups excluding carboxylic acids is 1. The smallest absolute Gasteiger partial charge is 0.318 e. The Morgan fingerprint density at radius 2 is 2.11 bits per heavy atom. The van der Waals surface area contributed by atoms with Crippen LogP contribution in [-0.2, 0) is 4.74 Å². The number of urea groups is 1. The maximum atomic E-state index is 13.0. The molecular weight excluding hydrogens is 247 g/mol. The monoisotopic (exact) mass is 266 g/mol. The normalized spacial score (nSPS) is 19.6. The molecule has 1 aromatic rings. The van der Waals surface area contributed by atoms with Gasteiger partial charge in [-0.15, -0.1) is 0 Å². The predicted octanol–water partition coefficient (Wildman–Crippen LogP) is 2.32. The van der Waals surface area contributed by atoms with Crippen molar-refractivity contribution in [2.24, 2.45) is 0 Å². The van der Waals surface area contributed by atoms with Crippen LogP contribution in [0.5, 0.6) is 0 Å². The molecule has 0 bridgehead atoms. The number of carbonyl (C=O) groups is 1. The van der Waals surface area contributed by atoms with Gasteiger partial charge in [-0.05, 0) is 31.5 Å². The van der Waals surface area contributed by atoms with Gasteiger partial charge in [0, 0.05) is 12.6 Å². The molecule has 1 aliphatic rings. The van der Waals surface area contributed by atoms with Crippen LogP contribution in [0.2, 0.25) is 0 Å². The SMILES string of the molecule is CC(C)NC(=O)N1CCOCC1c1ccc(F)cc1.